The van der Waals surface area contributed by atoms with Gasteiger partial charge in [0, 0.05) is 39.0 Å². The SMILES string of the molecule is Cl.Cl.Cl.NCCCNCCCCNC(=O)C(O)NC(=O)CCCCCCN=C(N)N.NCCCNCCCCNC(=O)C(O)NC(=O)CCCCCCN=C(N)N. The maximum atomic E-state index is 11.7. The van der Waals surface area contributed by atoms with Gasteiger partial charge in [0.25, 0.3) is 11.8 Å². The van der Waals surface area contributed by atoms with Crippen molar-refractivity contribution in [1.82, 2.24) is 31.9 Å². The number of rotatable bonds is 34. The van der Waals surface area contributed by atoms with Gasteiger partial charge in [0.2, 0.25) is 24.3 Å². The fraction of sp³-hybridized carbons (Fsp3) is 0.824. The van der Waals surface area contributed by atoms with Crippen LogP contribution in [0.15, 0.2) is 9.98 Å². The normalized spacial score (nSPS) is 11.0. The van der Waals surface area contributed by atoms with Gasteiger partial charge in [-0.1, -0.05) is 25.7 Å². The first-order valence-corrected chi connectivity index (χ1v) is 19.4. The Balaban J connectivity index is -0.000000300. The minimum absolute atomic E-state index is 0. The molecular weight excluding hydrogens is 807 g/mol. The standard InChI is InChI=1S/2C17H37N7O3.3ClH/c2*18-9-7-11-21-10-5-6-12-22-15(26)16(27)24-14(25)8-3-1-2-4-13-23-17(19)20;;;/h2*16,21,27H,1-13,18H2,(H,22,26)(H,24,25)(H4,19,20,23);3*1H. The molecule has 0 aliphatic heterocycles. The maximum absolute atomic E-state index is 11.7. The number of unbranched alkanes of at least 4 members (excludes halogenated alkanes) is 8. The molecule has 340 valence electrons. The Morgan fingerprint density at radius 2 is 0.772 bits per heavy atom. The summed E-state index contributed by atoms with van der Waals surface area (Å²) < 4.78 is 0. The van der Waals surface area contributed by atoms with Crippen LogP contribution in [0.3, 0.4) is 0 Å². The van der Waals surface area contributed by atoms with E-state index in [0.717, 1.165) is 103 Å². The lowest BCUT2D eigenvalue weighted by Crippen LogP contribution is -2.46. The molecule has 2 unspecified atom stereocenters. The van der Waals surface area contributed by atoms with E-state index < -0.39 is 24.3 Å². The molecule has 0 aliphatic carbocycles. The topological polar surface area (TPSA) is 362 Å². The van der Waals surface area contributed by atoms with Gasteiger partial charge in [-0.3, -0.25) is 29.2 Å². The van der Waals surface area contributed by atoms with Crippen LogP contribution in [0.2, 0.25) is 0 Å². The molecule has 0 aromatic heterocycles. The summed E-state index contributed by atoms with van der Waals surface area (Å²) >= 11 is 0. The molecule has 20 N–H and O–H groups in total. The van der Waals surface area contributed by atoms with Gasteiger partial charge in [-0.2, -0.15) is 0 Å². The number of nitrogens with one attached hydrogen (secondary N) is 6. The molecule has 0 saturated carbocycles. The second kappa shape index (κ2) is 47.4. The predicted molar refractivity (Wildman–Crippen MR) is 235 cm³/mol. The Morgan fingerprint density at radius 3 is 1.11 bits per heavy atom. The van der Waals surface area contributed by atoms with E-state index in [-0.39, 0.29) is 73.8 Å². The second-order valence-electron chi connectivity index (χ2n) is 12.7. The van der Waals surface area contributed by atoms with Gasteiger partial charge in [0.05, 0.1) is 0 Å². The zero-order chi connectivity index (χ0) is 40.7. The molecule has 4 amide bonds. The quantitative estimate of drug-likeness (QED) is 0.0147. The van der Waals surface area contributed by atoms with Gasteiger partial charge in [-0.05, 0) is 103 Å². The number of carbonyl (C=O) groups is 4. The molecule has 0 radical (unpaired) electrons. The number of nitrogens with zero attached hydrogens (tertiary/aromatic N) is 2. The number of guanidine groups is 2. The van der Waals surface area contributed by atoms with Crippen molar-refractivity contribution in [2.75, 3.05) is 65.4 Å². The first-order valence-electron chi connectivity index (χ1n) is 19.4. The van der Waals surface area contributed by atoms with Gasteiger partial charge in [-0.15, -0.1) is 37.2 Å². The molecule has 0 aliphatic rings. The molecular formula is C34H77Cl3N14O6. The Hall–Kier alpha value is -2.95. The number of aliphatic imine (C=N–C) groups is 2. The van der Waals surface area contributed by atoms with E-state index in [4.69, 9.17) is 34.4 Å². The summed E-state index contributed by atoms with van der Waals surface area (Å²) in [7, 11) is 0. The first kappa shape index (κ1) is 63.2. The molecule has 0 aromatic rings. The van der Waals surface area contributed by atoms with E-state index >= 15 is 0 Å². The largest absolute Gasteiger partial charge is 0.370 e. The van der Waals surface area contributed by atoms with Crippen molar-refractivity contribution in [3.05, 3.63) is 0 Å². The van der Waals surface area contributed by atoms with Crippen molar-refractivity contribution in [2.45, 2.75) is 115 Å². The third kappa shape index (κ3) is 49.1. The molecule has 0 heterocycles. The number of nitrogens with two attached hydrogens (primary N) is 6. The Morgan fingerprint density at radius 1 is 0.456 bits per heavy atom. The highest BCUT2D eigenvalue weighted by atomic mass is 35.5. The zero-order valence-electron chi connectivity index (χ0n) is 33.7. The third-order valence-corrected chi connectivity index (χ3v) is 7.58. The number of carbonyl (C=O) groups excluding carboxylic acids is 4. The van der Waals surface area contributed by atoms with Crippen LogP contribution in [0.1, 0.15) is 103 Å². The van der Waals surface area contributed by atoms with Crippen molar-refractivity contribution >= 4 is 72.8 Å². The molecule has 0 rings (SSSR count). The molecule has 0 saturated heterocycles. The molecule has 0 spiro atoms. The predicted octanol–water partition coefficient (Wildman–Crippen LogP) is -1.78. The van der Waals surface area contributed by atoms with Gasteiger partial charge < -0.3 is 76.5 Å². The van der Waals surface area contributed by atoms with Crippen molar-refractivity contribution in [1.29, 1.82) is 0 Å². The van der Waals surface area contributed by atoms with Gasteiger partial charge in [-0.25, -0.2) is 0 Å². The molecule has 57 heavy (non-hydrogen) atoms. The van der Waals surface area contributed by atoms with E-state index in [1.165, 1.54) is 0 Å². The van der Waals surface area contributed by atoms with E-state index in [9.17, 15) is 29.4 Å². The Bertz CT molecular complexity index is 952. The maximum Gasteiger partial charge on any atom is 0.269 e. The average molecular weight is 884 g/mol. The first-order chi connectivity index (χ1) is 25.9. The van der Waals surface area contributed by atoms with Crippen LogP contribution in [0.25, 0.3) is 0 Å². The van der Waals surface area contributed by atoms with Crippen LogP contribution < -0.4 is 66.3 Å². The minimum atomic E-state index is -1.51. The van der Waals surface area contributed by atoms with E-state index in [2.05, 4.69) is 41.9 Å². The highest BCUT2D eigenvalue weighted by Gasteiger charge is 2.17. The second-order valence-corrected chi connectivity index (χ2v) is 12.7. The number of aliphatic hydroxyl groups is 2. The van der Waals surface area contributed by atoms with Crippen molar-refractivity contribution < 1.29 is 29.4 Å². The summed E-state index contributed by atoms with van der Waals surface area (Å²) in [6.45, 7) is 6.93. The summed E-state index contributed by atoms with van der Waals surface area (Å²) in [5, 5.41) is 35.7. The van der Waals surface area contributed by atoms with Crippen LogP contribution in [0.5, 0.6) is 0 Å². The van der Waals surface area contributed by atoms with Crippen molar-refractivity contribution in [2.24, 2.45) is 44.4 Å². The lowest BCUT2D eigenvalue weighted by atomic mass is 10.1. The zero-order valence-corrected chi connectivity index (χ0v) is 36.1. The highest BCUT2D eigenvalue weighted by Crippen LogP contribution is 2.04. The Kier molecular flexibility index (Phi) is 52.6. The molecule has 0 bridgehead atoms. The van der Waals surface area contributed by atoms with Crippen LogP contribution in [0, 0.1) is 0 Å². The van der Waals surface area contributed by atoms with Crippen molar-refractivity contribution in [3.63, 3.8) is 0 Å². The summed E-state index contributed by atoms with van der Waals surface area (Å²) in [5.74, 6) is -1.69. The summed E-state index contributed by atoms with van der Waals surface area (Å²) in [6.07, 6.45) is 9.41. The third-order valence-electron chi connectivity index (χ3n) is 7.58. The van der Waals surface area contributed by atoms with Crippen LogP contribution >= 0.6 is 37.2 Å². The van der Waals surface area contributed by atoms with Crippen molar-refractivity contribution in [3.8, 4) is 0 Å². The lowest BCUT2D eigenvalue weighted by molar-refractivity contribution is -0.136. The van der Waals surface area contributed by atoms with Crippen LogP contribution in [0.4, 0.5) is 0 Å². The fourth-order valence-corrected chi connectivity index (χ4v) is 4.57. The number of hydrogen-bond acceptors (Lipinski definition) is 12. The van der Waals surface area contributed by atoms with E-state index in [0.29, 0.717) is 52.1 Å². The number of hydrogen-bond donors (Lipinski definition) is 14. The van der Waals surface area contributed by atoms with Crippen LogP contribution in [-0.2, 0) is 19.2 Å². The average Bonchev–Trinajstić information content (AvgIpc) is 3.12. The molecule has 23 heteroatoms. The molecule has 2 atom stereocenters. The van der Waals surface area contributed by atoms with E-state index in [1.54, 1.807) is 0 Å². The lowest BCUT2D eigenvalue weighted by Gasteiger charge is -2.13. The number of aliphatic hydroxyl groups excluding tert-OH is 2. The highest BCUT2D eigenvalue weighted by molar-refractivity contribution is 5.87. The van der Waals surface area contributed by atoms with Crippen LogP contribution in [-0.4, -0.2) is 124 Å². The van der Waals surface area contributed by atoms with E-state index in [1.807, 2.05) is 0 Å². The van der Waals surface area contributed by atoms with Gasteiger partial charge >= 0.3 is 0 Å². The summed E-state index contributed by atoms with van der Waals surface area (Å²) in [4.78, 5) is 54.6. The monoisotopic (exact) mass is 883 g/mol. The molecule has 0 aromatic carbocycles. The summed E-state index contributed by atoms with van der Waals surface area (Å²) in [6, 6.07) is 0. The Labute approximate surface area is 358 Å². The van der Waals surface area contributed by atoms with Gasteiger partial charge in [0.1, 0.15) is 0 Å². The van der Waals surface area contributed by atoms with Gasteiger partial charge in [0.15, 0.2) is 11.9 Å². The number of halogens is 3. The number of amides is 4. The molecule has 20 nitrogen and oxygen atoms in total. The summed E-state index contributed by atoms with van der Waals surface area (Å²) in [5.41, 5.74) is 31.7. The minimum Gasteiger partial charge on any atom is -0.370 e. The fourth-order valence-electron chi connectivity index (χ4n) is 4.57. The smallest absolute Gasteiger partial charge is 0.269 e. The molecule has 0 fully saturated rings.